The Morgan fingerprint density at radius 2 is 2.14 bits per heavy atom. The molecule has 0 spiro atoms. The molecule has 4 rings (SSSR count). The van der Waals surface area contributed by atoms with Gasteiger partial charge in [0.05, 0.1) is 22.5 Å². The molecule has 29 heavy (non-hydrogen) atoms. The van der Waals surface area contributed by atoms with Gasteiger partial charge in [-0.05, 0) is 30.9 Å². The largest absolute Gasteiger partial charge is 0.371 e. The number of halogens is 2. The number of amides is 1. The molecule has 1 amide bonds. The maximum Gasteiger partial charge on any atom is 0.257 e. The van der Waals surface area contributed by atoms with Gasteiger partial charge in [0, 0.05) is 49.3 Å². The highest BCUT2D eigenvalue weighted by Gasteiger charge is 2.33. The van der Waals surface area contributed by atoms with Crippen molar-refractivity contribution in [2.75, 3.05) is 29.6 Å². The number of aromatic nitrogens is 2. The second-order valence-electron chi connectivity index (χ2n) is 6.97. The molecule has 0 atom stereocenters. The number of alkyl halides is 2. The molecule has 1 aliphatic heterocycles. The van der Waals surface area contributed by atoms with Crippen LogP contribution >= 0.6 is 11.8 Å². The monoisotopic (exact) mass is 418 g/mol. The summed E-state index contributed by atoms with van der Waals surface area (Å²) in [6.07, 6.45) is 5.02. The van der Waals surface area contributed by atoms with E-state index in [0.717, 1.165) is 5.03 Å². The molecule has 2 aromatic heterocycles. The van der Waals surface area contributed by atoms with E-state index in [0.29, 0.717) is 40.9 Å². The van der Waals surface area contributed by atoms with Crippen LogP contribution in [0, 0.1) is 0 Å². The minimum atomic E-state index is -2.68. The number of nitrogens with one attached hydrogen (secondary N) is 1. The molecule has 1 aromatic carbocycles. The number of carbonyl (C=O) groups is 1. The number of rotatable bonds is 4. The SMILES string of the molecule is CSc1cc(NC(=O)c2cc3cnoc3cc2N2CCCC(F)(F)CC2)ccn1. The van der Waals surface area contributed by atoms with Gasteiger partial charge in [0.2, 0.25) is 5.92 Å². The summed E-state index contributed by atoms with van der Waals surface area (Å²) in [7, 11) is 0. The fourth-order valence-electron chi connectivity index (χ4n) is 3.45. The van der Waals surface area contributed by atoms with Gasteiger partial charge in [-0.3, -0.25) is 4.79 Å². The van der Waals surface area contributed by atoms with Gasteiger partial charge in [-0.25, -0.2) is 13.8 Å². The molecular formula is C20H20F2N4O2S. The van der Waals surface area contributed by atoms with E-state index in [4.69, 9.17) is 4.52 Å². The summed E-state index contributed by atoms with van der Waals surface area (Å²) in [5, 5.41) is 8.13. The minimum absolute atomic E-state index is 0.149. The number of carbonyl (C=O) groups excluding carboxylic acids is 1. The summed E-state index contributed by atoms with van der Waals surface area (Å²) >= 11 is 1.47. The van der Waals surface area contributed by atoms with Crippen molar-refractivity contribution in [1.29, 1.82) is 0 Å². The van der Waals surface area contributed by atoms with Crippen LogP contribution in [-0.4, -0.2) is 41.3 Å². The first-order valence-corrected chi connectivity index (χ1v) is 10.5. The fourth-order valence-corrected chi connectivity index (χ4v) is 3.86. The summed E-state index contributed by atoms with van der Waals surface area (Å²) in [4.78, 5) is 19.1. The van der Waals surface area contributed by atoms with Gasteiger partial charge in [0.25, 0.3) is 5.91 Å². The number of hydrogen-bond acceptors (Lipinski definition) is 6. The Morgan fingerprint density at radius 3 is 2.97 bits per heavy atom. The fraction of sp³-hybridized carbons (Fsp3) is 0.350. The highest BCUT2D eigenvalue weighted by atomic mass is 32.2. The average Bonchev–Trinajstić information content (AvgIpc) is 3.09. The topological polar surface area (TPSA) is 71.3 Å². The highest BCUT2D eigenvalue weighted by Crippen LogP contribution is 2.33. The lowest BCUT2D eigenvalue weighted by molar-refractivity contribution is -0.0102. The molecule has 1 fully saturated rings. The Kier molecular flexibility index (Phi) is 5.40. The van der Waals surface area contributed by atoms with Crippen LogP contribution in [0.3, 0.4) is 0 Å². The third kappa shape index (κ3) is 4.34. The van der Waals surface area contributed by atoms with Crippen molar-refractivity contribution in [3.05, 3.63) is 42.2 Å². The zero-order chi connectivity index (χ0) is 20.4. The van der Waals surface area contributed by atoms with Crippen LogP contribution in [0.15, 0.2) is 46.2 Å². The number of nitrogens with zero attached hydrogens (tertiary/aromatic N) is 3. The Hall–Kier alpha value is -2.68. The first kappa shape index (κ1) is 19.6. The molecule has 0 bridgehead atoms. The van der Waals surface area contributed by atoms with Crippen LogP contribution in [0.4, 0.5) is 20.2 Å². The van der Waals surface area contributed by atoms with Gasteiger partial charge >= 0.3 is 0 Å². The van der Waals surface area contributed by atoms with E-state index in [1.54, 1.807) is 30.5 Å². The molecule has 1 aliphatic rings. The van der Waals surface area contributed by atoms with Crippen molar-refractivity contribution in [2.24, 2.45) is 0 Å². The summed E-state index contributed by atoms with van der Waals surface area (Å²) in [6.45, 7) is 0.611. The lowest BCUT2D eigenvalue weighted by Gasteiger charge is -2.25. The van der Waals surface area contributed by atoms with Crippen molar-refractivity contribution < 1.29 is 18.1 Å². The molecule has 0 saturated carbocycles. The van der Waals surface area contributed by atoms with Gasteiger partial charge in [0.1, 0.15) is 0 Å². The lowest BCUT2D eigenvalue weighted by Crippen LogP contribution is -2.28. The second-order valence-corrected chi connectivity index (χ2v) is 7.80. The molecule has 0 aliphatic carbocycles. The summed E-state index contributed by atoms with van der Waals surface area (Å²) in [6, 6.07) is 6.89. The standard InChI is InChI=1S/C20H20F2N4O2S/c1-29-18-10-14(3-6-23-18)25-19(27)15-9-13-12-24-28-17(13)11-16(15)26-7-2-4-20(21,22)5-8-26/h3,6,9-12H,2,4-5,7-8H2,1H3,(H,23,25,27). The molecule has 152 valence electrons. The van der Waals surface area contributed by atoms with Gasteiger partial charge in [0.15, 0.2) is 5.58 Å². The van der Waals surface area contributed by atoms with E-state index in [2.05, 4.69) is 15.5 Å². The quantitative estimate of drug-likeness (QED) is 0.613. The molecule has 3 aromatic rings. The smallest absolute Gasteiger partial charge is 0.257 e. The number of benzene rings is 1. The summed E-state index contributed by atoms with van der Waals surface area (Å²) in [5.74, 6) is -3.00. The normalized spacial score (nSPS) is 16.6. The predicted molar refractivity (Wildman–Crippen MR) is 109 cm³/mol. The van der Waals surface area contributed by atoms with E-state index < -0.39 is 5.92 Å². The molecule has 6 nitrogen and oxygen atoms in total. The van der Waals surface area contributed by atoms with Gasteiger partial charge < -0.3 is 14.7 Å². The first-order chi connectivity index (χ1) is 13.9. The summed E-state index contributed by atoms with van der Waals surface area (Å²) in [5.41, 5.74) is 2.10. The zero-order valence-corrected chi connectivity index (χ0v) is 16.6. The molecule has 3 heterocycles. The van der Waals surface area contributed by atoms with Crippen LogP contribution in [0.1, 0.15) is 29.6 Å². The molecule has 0 unspecified atom stereocenters. The lowest BCUT2D eigenvalue weighted by atomic mass is 10.1. The Morgan fingerprint density at radius 1 is 1.28 bits per heavy atom. The van der Waals surface area contributed by atoms with E-state index in [9.17, 15) is 13.6 Å². The van der Waals surface area contributed by atoms with Gasteiger partial charge in [-0.1, -0.05) is 5.16 Å². The number of pyridine rings is 1. The third-order valence-electron chi connectivity index (χ3n) is 4.98. The molecule has 1 saturated heterocycles. The van der Waals surface area contributed by atoms with Crippen LogP contribution in [0.25, 0.3) is 11.0 Å². The van der Waals surface area contributed by atoms with Gasteiger partial charge in [-0.15, -0.1) is 11.8 Å². The molecule has 1 N–H and O–H groups in total. The van der Waals surface area contributed by atoms with Crippen molar-refractivity contribution in [1.82, 2.24) is 10.1 Å². The maximum atomic E-state index is 13.8. The summed E-state index contributed by atoms with van der Waals surface area (Å²) < 4.78 is 32.9. The Labute approximate surface area is 170 Å². The van der Waals surface area contributed by atoms with E-state index in [-0.39, 0.29) is 25.3 Å². The van der Waals surface area contributed by atoms with Crippen LogP contribution in [0.5, 0.6) is 0 Å². The number of thioether (sulfide) groups is 1. The van der Waals surface area contributed by atoms with Crippen molar-refractivity contribution in [3.8, 4) is 0 Å². The van der Waals surface area contributed by atoms with Crippen LogP contribution in [-0.2, 0) is 0 Å². The number of anilines is 2. The number of hydrogen-bond donors (Lipinski definition) is 1. The zero-order valence-electron chi connectivity index (χ0n) is 15.8. The molecular weight excluding hydrogens is 398 g/mol. The van der Waals surface area contributed by atoms with Crippen molar-refractivity contribution >= 4 is 40.0 Å². The average molecular weight is 418 g/mol. The van der Waals surface area contributed by atoms with Gasteiger partial charge in [-0.2, -0.15) is 0 Å². The maximum absolute atomic E-state index is 13.8. The third-order valence-corrected chi connectivity index (χ3v) is 5.62. The minimum Gasteiger partial charge on any atom is -0.371 e. The highest BCUT2D eigenvalue weighted by molar-refractivity contribution is 7.98. The van der Waals surface area contributed by atoms with Crippen LogP contribution in [0.2, 0.25) is 0 Å². The van der Waals surface area contributed by atoms with Crippen molar-refractivity contribution in [2.45, 2.75) is 30.2 Å². The Balaban J connectivity index is 1.68. The number of fused-ring (bicyclic) bond motifs is 1. The van der Waals surface area contributed by atoms with E-state index in [1.165, 1.54) is 18.0 Å². The van der Waals surface area contributed by atoms with Crippen molar-refractivity contribution in [3.63, 3.8) is 0 Å². The Bertz CT molecular complexity index is 1040. The first-order valence-electron chi connectivity index (χ1n) is 9.28. The predicted octanol–water partition coefficient (Wildman–Crippen LogP) is 4.82. The molecule has 9 heteroatoms. The second kappa shape index (κ2) is 7.98. The van der Waals surface area contributed by atoms with E-state index >= 15 is 0 Å². The van der Waals surface area contributed by atoms with Crippen LogP contribution < -0.4 is 10.2 Å². The molecule has 0 radical (unpaired) electrons. The van der Waals surface area contributed by atoms with E-state index in [1.807, 2.05) is 11.2 Å².